The highest BCUT2D eigenvalue weighted by Crippen LogP contribution is 2.23. The Balaban J connectivity index is 1.96. The van der Waals surface area contributed by atoms with E-state index in [1.807, 2.05) is 19.1 Å². The molecule has 23 heavy (non-hydrogen) atoms. The molecule has 2 aromatic heterocycles. The van der Waals surface area contributed by atoms with Gasteiger partial charge < -0.3 is 4.40 Å². The van der Waals surface area contributed by atoms with Gasteiger partial charge in [-0.15, -0.1) is 0 Å². The van der Waals surface area contributed by atoms with Crippen LogP contribution in [0.3, 0.4) is 0 Å². The fourth-order valence-electron chi connectivity index (χ4n) is 2.17. The molecule has 3 rings (SSSR count). The minimum absolute atomic E-state index is 0.00390. The van der Waals surface area contributed by atoms with Crippen molar-refractivity contribution in [2.45, 2.75) is 17.9 Å². The highest BCUT2D eigenvalue weighted by Gasteiger charge is 2.26. The molecule has 1 atom stereocenters. The summed E-state index contributed by atoms with van der Waals surface area (Å²) in [5, 5.41) is 9.32. The molecule has 0 amide bonds. The number of hydrogen-bond acceptors (Lipinski definition) is 5. The molecule has 0 bridgehead atoms. The Labute approximate surface area is 133 Å². The van der Waals surface area contributed by atoms with Gasteiger partial charge in [0.05, 0.1) is 16.6 Å². The zero-order valence-corrected chi connectivity index (χ0v) is 13.1. The van der Waals surface area contributed by atoms with Crippen molar-refractivity contribution in [1.82, 2.24) is 9.38 Å². The molecule has 7 heteroatoms. The Kier molecular flexibility index (Phi) is 3.86. The zero-order chi connectivity index (χ0) is 16.4. The summed E-state index contributed by atoms with van der Waals surface area (Å²) in [6.45, 7) is 1.85. The van der Waals surface area contributed by atoms with Crippen LogP contribution in [0.1, 0.15) is 17.5 Å². The molecule has 2 heterocycles. The monoisotopic (exact) mass is 327 g/mol. The first-order chi connectivity index (χ1) is 11.0. The van der Waals surface area contributed by atoms with Crippen molar-refractivity contribution in [2.75, 3.05) is 0 Å². The molecule has 116 valence electrons. The zero-order valence-electron chi connectivity index (χ0n) is 12.2. The van der Waals surface area contributed by atoms with Crippen LogP contribution in [0.4, 0.5) is 0 Å². The minimum atomic E-state index is -4.06. The minimum Gasteiger partial charge on any atom is -0.301 e. The molecule has 6 nitrogen and oxygen atoms in total. The van der Waals surface area contributed by atoms with Gasteiger partial charge in [-0.05, 0) is 31.2 Å². The number of nitriles is 1. The molecule has 3 aromatic rings. The summed E-state index contributed by atoms with van der Waals surface area (Å²) >= 11 is 0. The van der Waals surface area contributed by atoms with Crippen LogP contribution < -0.4 is 0 Å². The van der Waals surface area contributed by atoms with E-state index in [4.69, 9.17) is 4.18 Å². The van der Waals surface area contributed by atoms with Gasteiger partial charge in [0.2, 0.25) is 6.10 Å². The largest absolute Gasteiger partial charge is 0.301 e. The number of fused-ring (bicyclic) bond motifs is 1. The van der Waals surface area contributed by atoms with E-state index in [0.29, 0.717) is 0 Å². The predicted octanol–water partition coefficient (Wildman–Crippen LogP) is 2.61. The number of rotatable bonds is 4. The molecule has 1 aromatic carbocycles. The van der Waals surface area contributed by atoms with Crippen molar-refractivity contribution >= 4 is 15.6 Å². The quantitative estimate of drug-likeness (QED) is 0.688. The van der Waals surface area contributed by atoms with E-state index in [1.165, 1.54) is 12.1 Å². The Morgan fingerprint density at radius 1 is 1.22 bits per heavy atom. The SMILES string of the molecule is Cc1ccc(S(=O)(=O)OC(C#N)c2ncc3ccccn23)cc1. The maximum Gasteiger partial charge on any atom is 0.298 e. The lowest BCUT2D eigenvalue weighted by atomic mass is 10.2. The molecule has 0 spiro atoms. The fourth-order valence-corrected chi connectivity index (χ4v) is 3.13. The highest BCUT2D eigenvalue weighted by molar-refractivity contribution is 7.86. The topological polar surface area (TPSA) is 84.5 Å². The van der Waals surface area contributed by atoms with Crippen molar-refractivity contribution in [2.24, 2.45) is 0 Å². The normalized spacial score (nSPS) is 12.9. The average molecular weight is 327 g/mol. The van der Waals surface area contributed by atoms with Crippen LogP contribution in [0.5, 0.6) is 0 Å². The number of aromatic nitrogens is 2. The van der Waals surface area contributed by atoms with Gasteiger partial charge in [-0.3, -0.25) is 0 Å². The van der Waals surface area contributed by atoms with Gasteiger partial charge in [-0.25, -0.2) is 9.17 Å². The van der Waals surface area contributed by atoms with E-state index in [0.717, 1.165) is 11.1 Å². The van der Waals surface area contributed by atoms with Crippen molar-refractivity contribution in [3.05, 3.63) is 66.2 Å². The third kappa shape index (κ3) is 2.95. The third-order valence-electron chi connectivity index (χ3n) is 3.35. The van der Waals surface area contributed by atoms with Gasteiger partial charge in [-0.2, -0.15) is 13.7 Å². The Morgan fingerprint density at radius 2 is 1.96 bits per heavy atom. The first kappa shape index (κ1) is 15.2. The van der Waals surface area contributed by atoms with Crippen molar-refractivity contribution < 1.29 is 12.6 Å². The smallest absolute Gasteiger partial charge is 0.298 e. The van der Waals surface area contributed by atoms with Gasteiger partial charge in [0.1, 0.15) is 6.07 Å². The summed E-state index contributed by atoms with van der Waals surface area (Å²) in [5.74, 6) is 0.221. The lowest BCUT2D eigenvalue weighted by Gasteiger charge is -2.10. The van der Waals surface area contributed by atoms with E-state index < -0.39 is 16.2 Å². The van der Waals surface area contributed by atoms with Gasteiger partial charge in [0, 0.05) is 6.20 Å². The van der Waals surface area contributed by atoms with E-state index in [2.05, 4.69) is 4.98 Å². The first-order valence-corrected chi connectivity index (χ1v) is 8.23. The fraction of sp³-hybridized carbons (Fsp3) is 0.125. The van der Waals surface area contributed by atoms with Crippen LogP contribution >= 0.6 is 0 Å². The lowest BCUT2D eigenvalue weighted by molar-refractivity contribution is 0.257. The summed E-state index contributed by atoms with van der Waals surface area (Å²) in [5.41, 5.74) is 1.68. The molecule has 0 radical (unpaired) electrons. The molecule has 0 fully saturated rings. The maximum absolute atomic E-state index is 12.3. The Hall–Kier alpha value is -2.69. The van der Waals surface area contributed by atoms with Crippen LogP contribution in [0.15, 0.2) is 59.8 Å². The lowest BCUT2D eigenvalue weighted by Crippen LogP contribution is -2.13. The first-order valence-electron chi connectivity index (χ1n) is 6.83. The van der Waals surface area contributed by atoms with E-state index in [1.54, 1.807) is 41.1 Å². The number of benzene rings is 1. The predicted molar refractivity (Wildman–Crippen MR) is 83.0 cm³/mol. The second kappa shape index (κ2) is 5.83. The Bertz CT molecular complexity index is 985. The van der Waals surface area contributed by atoms with E-state index >= 15 is 0 Å². The van der Waals surface area contributed by atoms with Crippen LogP contribution in [-0.2, 0) is 14.3 Å². The maximum atomic E-state index is 12.3. The molecule has 0 aliphatic heterocycles. The molecule has 0 saturated heterocycles. The van der Waals surface area contributed by atoms with Crippen LogP contribution in [0.2, 0.25) is 0 Å². The number of imidazole rings is 1. The molecule has 0 N–H and O–H groups in total. The van der Waals surface area contributed by atoms with E-state index in [-0.39, 0.29) is 10.7 Å². The average Bonchev–Trinajstić information content (AvgIpc) is 2.97. The number of pyridine rings is 1. The van der Waals surface area contributed by atoms with Crippen molar-refractivity contribution in [3.63, 3.8) is 0 Å². The summed E-state index contributed by atoms with van der Waals surface area (Å²) in [6.07, 6.45) is 1.93. The van der Waals surface area contributed by atoms with Gasteiger partial charge in [0.25, 0.3) is 10.1 Å². The summed E-state index contributed by atoms with van der Waals surface area (Å²) in [7, 11) is -4.06. The second-order valence-corrected chi connectivity index (χ2v) is 6.56. The van der Waals surface area contributed by atoms with Gasteiger partial charge in [-0.1, -0.05) is 23.8 Å². The van der Waals surface area contributed by atoms with Gasteiger partial charge >= 0.3 is 0 Å². The molecule has 1 unspecified atom stereocenters. The summed E-state index contributed by atoms with van der Waals surface area (Å²) < 4.78 is 31.4. The van der Waals surface area contributed by atoms with Crippen LogP contribution in [0, 0.1) is 18.3 Å². The number of aryl methyl sites for hydroxylation is 1. The van der Waals surface area contributed by atoms with Crippen molar-refractivity contribution in [1.29, 1.82) is 5.26 Å². The second-order valence-electron chi connectivity index (χ2n) is 4.98. The Morgan fingerprint density at radius 3 is 2.65 bits per heavy atom. The number of nitrogens with zero attached hydrogens (tertiary/aromatic N) is 3. The highest BCUT2D eigenvalue weighted by atomic mass is 32.2. The molecular weight excluding hydrogens is 314 g/mol. The summed E-state index contributed by atoms with van der Waals surface area (Å²) in [6, 6.07) is 13.5. The molecule has 0 aliphatic carbocycles. The molecule has 0 saturated carbocycles. The van der Waals surface area contributed by atoms with Crippen molar-refractivity contribution in [3.8, 4) is 6.07 Å². The van der Waals surface area contributed by atoms with Gasteiger partial charge in [0.15, 0.2) is 5.82 Å². The third-order valence-corrected chi connectivity index (χ3v) is 4.65. The summed E-state index contributed by atoms with van der Waals surface area (Å²) in [4.78, 5) is 4.11. The van der Waals surface area contributed by atoms with E-state index in [9.17, 15) is 13.7 Å². The van der Waals surface area contributed by atoms with Crippen LogP contribution in [-0.4, -0.2) is 17.8 Å². The molecule has 0 aliphatic rings. The molecular formula is C16H13N3O3S. The van der Waals surface area contributed by atoms with Crippen LogP contribution in [0.25, 0.3) is 5.52 Å². The standard InChI is InChI=1S/C16H13N3O3S/c1-12-5-7-14(8-6-12)23(20,21)22-15(10-17)16-18-11-13-4-2-3-9-19(13)16/h2-9,11,15H,1H3. The number of hydrogen-bond donors (Lipinski definition) is 0.